The van der Waals surface area contributed by atoms with Crippen LogP contribution in [0.2, 0.25) is 0 Å². The van der Waals surface area contributed by atoms with Crippen molar-refractivity contribution in [3.63, 3.8) is 0 Å². The minimum atomic E-state index is 0.218. The van der Waals surface area contributed by atoms with Gasteiger partial charge in [0.2, 0.25) is 0 Å². The van der Waals surface area contributed by atoms with E-state index in [1.807, 2.05) is 6.07 Å². The summed E-state index contributed by atoms with van der Waals surface area (Å²) in [5, 5.41) is 3.05. The molecule has 0 unspecified atom stereocenters. The fourth-order valence-electron chi connectivity index (χ4n) is 0.914. The standard InChI is InChI=1S/C8H8Br2N2OS/c1-13-7-3-6(12-8(11)14)4(9)2-5(7)10/h2-3H,1H3,(H3,11,12,14). The van der Waals surface area contributed by atoms with Crippen LogP contribution in [0.4, 0.5) is 5.69 Å². The van der Waals surface area contributed by atoms with Crippen LogP contribution in [-0.4, -0.2) is 12.2 Å². The van der Waals surface area contributed by atoms with Gasteiger partial charge in [-0.3, -0.25) is 0 Å². The first-order valence-corrected chi connectivity index (χ1v) is 5.63. The van der Waals surface area contributed by atoms with Gasteiger partial charge in [0.05, 0.1) is 17.3 Å². The Morgan fingerprint density at radius 2 is 2.07 bits per heavy atom. The van der Waals surface area contributed by atoms with E-state index >= 15 is 0 Å². The molecule has 76 valence electrons. The third-order valence-corrected chi connectivity index (χ3v) is 2.88. The molecular weight excluding hydrogens is 332 g/mol. The number of anilines is 1. The topological polar surface area (TPSA) is 47.3 Å². The molecule has 0 spiro atoms. The number of thiocarbonyl (C=S) groups is 1. The molecular formula is C8H8Br2N2OS. The first-order chi connectivity index (χ1) is 6.54. The highest BCUT2D eigenvalue weighted by atomic mass is 79.9. The summed E-state index contributed by atoms with van der Waals surface area (Å²) in [7, 11) is 1.60. The third kappa shape index (κ3) is 2.83. The van der Waals surface area contributed by atoms with Gasteiger partial charge in [-0.1, -0.05) is 0 Å². The van der Waals surface area contributed by atoms with Crippen molar-refractivity contribution in [1.82, 2.24) is 0 Å². The molecule has 0 saturated carbocycles. The number of nitrogens with two attached hydrogens (primary N) is 1. The summed E-state index contributed by atoms with van der Waals surface area (Å²) >= 11 is 11.5. The summed E-state index contributed by atoms with van der Waals surface area (Å²) in [5.41, 5.74) is 6.15. The van der Waals surface area contributed by atoms with Crippen molar-refractivity contribution in [3.05, 3.63) is 21.1 Å². The van der Waals surface area contributed by atoms with E-state index in [2.05, 4.69) is 37.2 Å². The molecule has 1 aromatic carbocycles. The molecule has 0 atom stereocenters. The zero-order valence-electron chi connectivity index (χ0n) is 7.30. The highest BCUT2D eigenvalue weighted by Crippen LogP contribution is 2.34. The predicted octanol–water partition coefficient (Wildman–Crippen LogP) is 2.88. The molecule has 0 aliphatic rings. The van der Waals surface area contributed by atoms with Crippen molar-refractivity contribution in [2.24, 2.45) is 5.73 Å². The van der Waals surface area contributed by atoms with Gasteiger partial charge in [-0.25, -0.2) is 0 Å². The van der Waals surface area contributed by atoms with Crippen LogP contribution in [0.3, 0.4) is 0 Å². The van der Waals surface area contributed by atoms with Gasteiger partial charge in [0.25, 0.3) is 0 Å². The summed E-state index contributed by atoms with van der Waals surface area (Å²) in [6.45, 7) is 0. The molecule has 3 nitrogen and oxygen atoms in total. The van der Waals surface area contributed by atoms with Crippen molar-refractivity contribution in [2.75, 3.05) is 12.4 Å². The summed E-state index contributed by atoms with van der Waals surface area (Å²) in [5.74, 6) is 0.715. The number of rotatable bonds is 2. The average molecular weight is 340 g/mol. The smallest absolute Gasteiger partial charge is 0.168 e. The van der Waals surface area contributed by atoms with Crippen LogP contribution in [0.5, 0.6) is 5.75 Å². The first kappa shape index (κ1) is 11.7. The van der Waals surface area contributed by atoms with Gasteiger partial charge in [-0.2, -0.15) is 0 Å². The molecule has 0 saturated heterocycles. The van der Waals surface area contributed by atoms with Crippen molar-refractivity contribution in [3.8, 4) is 5.75 Å². The van der Waals surface area contributed by atoms with Crippen molar-refractivity contribution < 1.29 is 4.74 Å². The van der Waals surface area contributed by atoms with Crippen LogP contribution < -0.4 is 15.8 Å². The lowest BCUT2D eigenvalue weighted by molar-refractivity contribution is 0.412. The minimum absolute atomic E-state index is 0.218. The SMILES string of the molecule is COc1cc(NC(N)=S)c(Br)cc1Br. The molecule has 1 rings (SSSR count). The molecule has 3 N–H and O–H groups in total. The molecule has 0 fully saturated rings. The Labute approximate surface area is 104 Å². The predicted molar refractivity (Wildman–Crippen MR) is 68.8 cm³/mol. The highest BCUT2D eigenvalue weighted by molar-refractivity contribution is 9.11. The number of halogens is 2. The van der Waals surface area contributed by atoms with Gasteiger partial charge in [0.15, 0.2) is 5.11 Å². The summed E-state index contributed by atoms with van der Waals surface area (Å²) in [4.78, 5) is 0. The van der Waals surface area contributed by atoms with E-state index in [4.69, 9.17) is 22.7 Å². The zero-order chi connectivity index (χ0) is 10.7. The Kier molecular flexibility index (Phi) is 4.15. The first-order valence-electron chi connectivity index (χ1n) is 3.64. The lowest BCUT2D eigenvalue weighted by atomic mass is 10.3. The summed E-state index contributed by atoms with van der Waals surface area (Å²) < 4.78 is 6.85. The molecule has 1 aromatic rings. The fourth-order valence-corrected chi connectivity index (χ4v) is 2.28. The minimum Gasteiger partial charge on any atom is -0.495 e. The van der Waals surface area contributed by atoms with Crippen LogP contribution in [0, 0.1) is 0 Å². The molecule has 0 aliphatic carbocycles. The van der Waals surface area contributed by atoms with Gasteiger partial charge < -0.3 is 15.8 Å². The van der Waals surface area contributed by atoms with Crippen LogP contribution in [0.25, 0.3) is 0 Å². The Morgan fingerprint density at radius 3 is 2.57 bits per heavy atom. The second-order valence-electron chi connectivity index (χ2n) is 2.46. The van der Waals surface area contributed by atoms with E-state index < -0.39 is 0 Å². The molecule has 0 aromatic heterocycles. The van der Waals surface area contributed by atoms with Gasteiger partial charge in [-0.05, 0) is 50.1 Å². The van der Waals surface area contributed by atoms with Crippen LogP contribution in [0.15, 0.2) is 21.1 Å². The zero-order valence-corrected chi connectivity index (χ0v) is 11.3. The number of methoxy groups -OCH3 is 1. The lowest BCUT2D eigenvalue weighted by Gasteiger charge is -2.10. The number of hydrogen-bond acceptors (Lipinski definition) is 2. The van der Waals surface area contributed by atoms with E-state index in [-0.39, 0.29) is 5.11 Å². The molecule has 0 bridgehead atoms. The fraction of sp³-hybridized carbons (Fsp3) is 0.125. The van der Waals surface area contributed by atoms with Gasteiger partial charge in [0, 0.05) is 10.5 Å². The monoisotopic (exact) mass is 338 g/mol. The largest absolute Gasteiger partial charge is 0.495 e. The Balaban J connectivity index is 3.10. The van der Waals surface area contributed by atoms with Crippen molar-refractivity contribution in [2.45, 2.75) is 0 Å². The molecule has 14 heavy (non-hydrogen) atoms. The highest BCUT2D eigenvalue weighted by Gasteiger charge is 2.06. The Hall–Kier alpha value is -0.330. The maximum atomic E-state index is 5.37. The number of hydrogen-bond donors (Lipinski definition) is 2. The van der Waals surface area contributed by atoms with Crippen LogP contribution in [0.1, 0.15) is 0 Å². The molecule has 0 amide bonds. The van der Waals surface area contributed by atoms with E-state index in [0.717, 1.165) is 14.6 Å². The molecule has 0 heterocycles. The van der Waals surface area contributed by atoms with Gasteiger partial charge in [-0.15, -0.1) is 0 Å². The van der Waals surface area contributed by atoms with Crippen molar-refractivity contribution in [1.29, 1.82) is 0 Å². The maximum Gasteiger partial charge on any atom is 0.168 e. The summed E-state index contributed by atoms with van der Waals surface area (Å²) in [6.07, 6.45) is 0. The number of nitrogens with one attached hydrogen (secondary N) is 1. The van der Waals surface area contributed by atoms with E-state index in [1.54, 1.807) is 13.2 Å². The van der Waals surface area contributed by atoms with Gasteiger partial charge in [0.1, 0.15) is 5.75 Å². The van der Waals surface area contributed by atoms with E-state index in [1.165, 1.54) is 0 Å². The normalized spacial score (nSPS) is 9.64. The number of ether oxygens (including phenoxy) is 1. The van der Waals surface area contributed by atoms with E-state index in [9.17, 15) is 0 Å². The van der Waals surface area contributed by atoms with E-state index in [0.29, 0.717) is 5.75 Å². The van der Waals surface area contributed by atoms with Crippen molar-refractivity contribution >= 4 is 54.9 Å². The Morgan fingerprint density at radius 1 is 1.43 bits per heavy atom. The van der Waals surface area contributed by atoms with Gasteiger partial charge >= 0.3 is 0 Å². The molecule has 0 aliphatic heterocycles. The maximum absolute atomic E-state index is 5.37. The lowest BCUT2D eigenvalue weighted by Crippen LogP contribution is -2.19. The summed E-state index contributed by atoms with van der Waals surface area (Å²) in [6, 6.07) is 3.66. The second kappa shape index (κ2) is 4.95. The Bertz CT molecular complexity index is 371. The second-order valence-corrected chi connectivity index (χ2v) is 4.60. The quantitative estimate of drug-likeness (QED) is 0.813. The molecule has 0 radical (unpaired) electrons. The molecule has 6 heteroatoms. The van der Waals surface area contributed by atoms with Crippen LogP contribution in [-0.2, 0) is 0 Å². The third-order valence-electron chi connectivity index (χ3n) is 1.50. The van der Waals surface area contributed by atoms with Crippen LogP contribution >= 0.6 is 44.1 Å². The number of benzene rings is 1. The average Bonchev–Trinajstić information content (AvgIpc) is 2.09.